The summed E-state index contributed by atoms with van der Waals surface area (Å²) in [6, 6.07) is 7.96. The average molecular weight is 410 g/mol. The van der Waals surface area contributed by atoms with Crippen LogP contribution in [0.25, 0.3) is 0 Å². The molecule has 0 saturated heterocycles. The predicted molar refractivity (Wildman–Crippen MR) is 110 cm³/mol. The fourth-order valence-corrected chi connectivity index (χ4v) is 3.49. The number of nitrogens with zero attached hydrogens (tertiary/aromatic N) is 5. The van der Waals surface area contributed by atoms with Crippen molar-refractivity contribution in [2.75, 3.05) is 5.32 Å². The summed E-state index contributed by atoms with van der Waals surface area (Å²) in [5.41, 5.74) is 5.51. The second kappa shape index (κ2) is 7.74. The summed E-state index contributed by atoms with van der Waals surface area (Å²) in [4.78, 5) is 18.1. The zero-order valence-corrected chi connectivity index (χ0v) is 17.3. The summed E-state index contributed by atoms with van der Waals surface area (Å²) < 4.78 is 16.8. The summed E-state index contributed by atoms with van der Waals surface area (Å²) in [6.07, 6.45) is -0.432. The molecule has 1 aliphatic heterocycles. The Bertz CT molecular complexity index is 1130. The van der Waals surface area contributed by atoms with E-state index < -0.39 is 6.10 Å². The van der Waals surface area contributed by atoms with Crippen molar-refractivity contribution in [1.82, 2.24) is 19.6 Å². The lowest BCUT2D eigenvalue weighted by Crippen LogP contribution is -2.28. The second-order valence-electron chi connectivity index (χ2n) is 7.45. The first kappa shape index (κ1) is 19.8. The summed E-state index contributed by atoms with van der Waals surface area (Å²) in [5.74, 6) is -0.622. The predicted octanol–water partition coefficient (Wildman–Crippen LogP) is 3.09. The first-order valence-electron chi connectivity index (χ1n) is 9.66. The van der Waals surface area contributed by atoms with Crippen LogP contribution in [-0.4, -0.2) is 37.3 Å². The molecular weight excluding hydrogens is 387 g/mol. The third kappa shape index (κ3) is 3.83. The number of aromatic nitrogens is 4. The van der Waals surface area contributed by atoms with Gasteiger partial charge < -0.3 is 10.2 Å². The van der Waals surface area contributed by atoms with E-state index in [-0.39, 0.29) is 11.7 Å². The van der Waals surface area contributed by atoms with Gasteiger partial charge in [0.2, 0.25) is 6.10 Å². The fraction of sp³-hybridized carbons (Fsp3) is 0.333. The number of hydrogen-bond acceptors (Lipinski definition) is 5. The average Bonchev–Trinajstić information content (AvgIpc) is 3.38. The van der Waals surface area contributed by atoms with Gasteiger partial charge in [-0.05, 0) is 51.5 Å². The summed E-state index contributed by atoms with van der Waals surface area (Å²) in [5, 5.41) is 15.9. The van der Waals surface area contributed by atoms with E-state index in [0.29, 0.717) is 30.2 Å². The normalized spacial score (nSPS) is 15.8. The summed E-state index contributed by atoms with van der Waals surface area (Å²) in [7, 11) is 0. The van der Waals surface area contributed by atoms with Crippen LogP contribution in [0.3, 0.4) is 0 Å². The van der Waals surface area contributed by atoms with Gasteiger partial charge in [-0.1, -0.05) is 17.3 Å². The lowest BCUT2D eigenvalue weighted by atomic mass is 10.0. The number of anilines is 1. The van der Waals surface area contributed by atoms with Crippen molar-refractivity contribution in [3.05, 3.63) is 64.5 Å². The molecule has 0 aliphatic carbocycles. The minimum absolute atomic E-state index is 0.298. The molecule has 4 rings (SSSR count). The van der Waals surface area contributed by atoms with Gasteiger partial charge >= 0.3 is 0 Å². The molecule has 1 aliphatic rings. The van der Waals surface area contributed by atoms with Gasteiger partial charge in [-0.15, -0.1) is 0 Å². The zero-order chi connectivity index (χ0) is 21.4. The topological polar surface area (TPSA) is 86.3 Å². The maximum absolute atomic E-state index is 13.1. The van der Waals surface area contributed by atoms with Crippen LogP contribution in [0.15, 0.2) is 35.5 Å². The molecule has 1 unspecified atom stereocenters. The maximum Gasteiger partial charge on any atom is 0.268 e. The largest absolute Gasteiger partial charge is 0.382 e. The van der Waals surface area contributed by atoms with E-state index in [1.165, 1.54) is 12.1 Å². The third-order valence-electron chi connectivity index (χ3n) is 5.14. The molecule has 30 heavy (non-hydrogen) atoms. The Kier molecular flexibility index (Phi) is 5.11. The Morgan fingerprint density at radius 2 is 1.90 bits per heavy atom. The van der Waals surface area contributed by atoms with Gasteiger partial charge in [0.15, 0.2) is 0 Å². The first-order valence-corrected chi connectivity index (χ1v) is 9.66. The van der Waals surface area contributed by atoms with Crippen LogP contribution in [-0.2, 0) is 16.3 Å². The fourth-order valence-electron chi connectivity index (χ4n) is 3.49. The molecule has 3 heterocycles. The van der Waals surface area contributed by atoms with Gasteiger partial charge in [0, 0.05) is 12.1 Å². The van der Waals surface area contributed by atoms with Crippen molar-refractivity contribution in [1.29, 1.82) is 0 Å². The zero-order valence-electron chi connectivity index (χ0n) is 17.3. The molecule has 156 valence electrons. The number of aryl methyl sites for hydroxylation is 3. The monoisotopic (exact) mass is 410 g/mol. The van der Waals surface area contributed by atoms with Crippen LogP contribution in [0.2, 0.25) is 0 Å². The molecule has 0 saturated carbocycles. The number of halogens is 1. The van der Waals surface area contributed by atoms with Crippen molar-refractivity contribution < 1.29 is 14.0 Å². The van der Waals surface area contributed by atoms with Crippen molar-refractivity contribution in [3.63, 3.8) is 0 Å². The number of benzene rings is 1. The highest BCUT2D eigenvalue weighted by Gasteiger charge is 2.30. The Labute approximate surface area is 173 Å². The standard InChI is InChI=1S/C21H23FN6O2/c1-12-9-13(2)27(24-12)11-28-15(4)20(14(3)25-28)23-21(29)19-10-18(26-30-19)16-5-7-17(22)8-6-16/h5-9,19H,10-11H2,1-4H3,(H,23,29). The van der Waals surface area contributed by atoms with E-state index in [0.717, 1.165) is 22.6 Å². The molecule has 2 aromatic heterocycles. The lowest BCUT2D eigenvalue weighted by Gasteiger charge is -2.11. The van der Waals surface area contributed by atoms with Crippen molar-refractivity contribution in [3.8, 4) is 0 Å². The molecule has 3 aromatic rings. The molecule has 1 aromatic carbocycles. The molecule has 9 heteroatoms. The van der Waals surface area contributed by atoms with Crippen LogP contribution in [0.5, 0.6) is 0 Å². The van der Waals surface area contributed by atoms with E-state index in [4.69, 9.17) is 4.84 Å². The van der Waals surface area contributed by atoms with Gasteiger partial charge in [-0.25, -0.2) is 13.8 Å². The quantitative estimate of drug-likeness (QED) is 0.700. The Hall–Kier alpha value is -3.49. The molecule has 0 fully saturated rings. The minimum atomic E-state index is -0.747. The number of rotatable bonds is 5. The van der Waals surface area contributed by atoms with Gasteiger partial charge in [0.1, 0.15) is 12.5 Å². The van der Waals surface area contributed by atoms with E-state index in [2.05, 4.69) is 20.7 Å². The van der Waals surface area contributed by atoms with Crippen LogP contribution < -0.4 is 5.32 Å². The smallest absolute Gasteiger partial charge is 0.268 e. The molecular formula is C21H23FN6O2. The Morgan fingerprint density at radius 3 is 2.57 bits per heavy atom. The molecule has 0 spiro atoms. The van der Waals surface area contributed by atoms with Crippen LogP contribution in [0.4, 0.5) is 10.1 Å². The lowest BCUT2D eigenvalue weighted by molar-refractivity contribution is -0.125. The second-order valence-corrected chi connectivity index (χ2v) is 7.45. The number of carbonyl (C=O) groups is 1. The number of nitrogens with one attached hydrogen (secondary N) is 1. The van der Waals surface area contributed by atoms with E-state index in [1.54, 1.807) is 16.8 Å². The number of carbonyl (C=O) groups excluding carboxylic acids is 1. The van der Waals surface area contributed by atoms with E-state index in [1.807, 2.05) is 38.4 Å². The van der Waals surface area contributed by atoms with Crippen molar-refractivity contribution >= 4 is 17.3 Å². The van der Waals surface area contributed by atoms with Crippen LogP contribution in [0, 0.1) is 33.5 Å². The van der Waals surface area contributed by atoms with Gasteiger partial charge in [-0.3, -0.25) is 4.79 Å². The molecule has 1 N–H and O–H groups in total. The van der Waals surface area contributed by atoms with Crippen molar-refractivity contribution in [2.24, 2.45) is 5.16 Å². The Morgan fingerprint density at radius 1 is 1.17 bits per heavy atom. The Balaban J connectivity index is 1.44. The van der Waals surface area contributed by atoms with Crippen molar-refractivity contribution in [2.45, 2.75) is 46.9 Å². The first-order chi connectivity index (χ1) is 14.3. The highest BCUT2D eigenvalue weighted by atomic mass is 19.1. The summed E-state index contributed by atoms with van der Waals surface area (Å²) in [6.45, 7) is 8.14. The minimum Gasteiger partial charge on any atom is -0.382 e. The number of hydrogen-bond donors (Lipinski definition) is 1. The van der Waals surface area contributed by atoms with Gasteiger partial charge in [0.05, 0.1) is 28.5 Å². The molecule has 0 bridgehead atoms. The number of oxime groups is 1. The van der Waals surface area contributed by atoms with E-state index >= 15 is 0 Å². The molecule has 0 radical (unpaired) electrons. The molecule has 1 amide bonds. The third-order valence-corrected chi connectivity index (χ3v) is 5.14. The molecule has 1 atom stereocenters. The summed E-state index contributed by atoms with van der Waals surface area (Å²) >= 11 is 0. The highest BCUT2D eigenvalue weighted by molar-refractivity contribution is 6.06. The van der Waals surface area contributed by atoms with E-state index in [9.17, 15) is 9.18 Å². The highest BCUT2D eigenvalue weighted by Crippen LogP contribution is 2.23. The van der Waals surface area contributed by atoms with Crippen LogP contribution >= 0.6 is 0 Å². The maximum atomic E-state index is 13.1. The van der Waals surface area contributed by atoms with Crippen LogP contribution in [0.1, 0.15) is 34.8 Å². The number of amides is 1. The SMILES string of the molecule is Cc1cc(C)n(Cn2nc(C)c(NC(=O)C3CC(c4ccc(F)cc4)=NO3)c2C)n1. The van der Waals surface area contributed by atoms with Gasteiger partial charge in [0.25, 0.3) is 5.91 Å². The van der Waals surface area contributed by atoms with Gasteiger partial charge in [-0.2, -0.15) is 10.2 Å². The molecule has 8 nitrogen and oxygen atoms in total.